The summed E-state index contributed by atoms with van der Waals surface area (Å²) in [5, 5.41) is 19.3. The monoisotopic (exact) mass is 546 g/mol. The van der Waals surface area contributed by atoms with Crippen molar-refractivity contribution in [2.24, 2.45) is 23.0 Å². The number of fused-ring (bicyclic) bond motifs is 1. The predicted molar refractivity (Wildman–Crippen MR) is 154 cm³/mol. The number of aromatic nitrogens is 2. The van der Waals surface area contributed by atoms with E-state index in [4.69, 9.17) is 15.2 Å². The van der Waals surface area contributed by atoms with Gasteiger partial charge in [0.05, 0.1) is 17.8 Å². The highest BCUT2D eigenvalue weighted by molar-refractivity contribution is 5.81. The Morgan fingerprint density at radius 1 is 1.23 bits per heavy atom. The van der Waals surface area contributed by atoms with Crippen molar-refractivity contribution >= 4 is 22.8 Å². The van der Waals surface area contributed by atoms with E-state index < -0.39 is 23.7 Å². The zero-order valence-electron chi connectivity index (χ0n) is 24.9. The van der Waals surface area contributed by atoms with E-state index >= 15 is 0 Å². The van der Waals surface area contributed by atoms with Gasteiger partial charge in [0.15, 0.2) is 0 Å². The number of nitrogens with two attached hydrogens (primary N) is 1. The van der Waals surface area contributed by atoms with Gasteiger partial charge in [-0.3, -0.25) is 14.3 Å². The number of aryl methyl sites for hydroxylation is 1. The summed E-state index contributed by atoms with van der Waals surface area (Å²) in [5.41, 5.74) is 7.79. The molecule has 0 radical (unpaired) electrons. The maximum atomic E-state index is 12.7. The first-order chi connectivity index (χ1) is 18.4. The number of benzene rings is 1. The van der Waals surface area contributed by atoms with Crippen LogP contribution in [0, 0.1) is 17.3 Å². The van der Waals surface area contributed by atoms with Gasteiger partial charge in [-0.25, -0.2) is 0 Å². The van der Waals surface area contributed by atoms with Crippen LogP contribution in [-0.2, 0) is 25.6 Å². The molecule has 0 saturated carbocycles. The lowest BCUT2D eigenvalue weighted by atomic mass is 9.80. The molecule has 1 heterocycles. The standard InChI is InChI=1S/C30H50N4O5/c1-8-9-13-30(5,6)29(37)32-19-27(36)25(31)17-24(20(2)3)28(39-21(4)35)22-11-12-23-18-33-34(26(23)16-22)14-10-15-38-7/h11-12,16,18,20,24-25,27-28,36H,8-10,13-15,17,19,31H2,1-7H3,(H,32,37)/t24?,25-,27?,28-/m0/s1. The minimum absolute atomic E-state index is 0.0746. The van der Waals surface area contributed by atoms with Gasteiger partial charge >= 0.3 is 5.97 Å². The lowest BCUT2D eigenvalue weighted by molar-refractivity contribution is -0.151. The number of aliphatic hydroxyl groups is 1. The largest absolute Gasteiger partial charge is 0.457 e. The molecule has 0 aliphatic carbocycles. The number of carbonyl (C=O) groups is 2. The van der Waals surface area contributed by atoms with Gasteiger partial charge in [0.25, 0.3) is 0 Å². The zero-order valence-corrected chi connectivity index (χ0v) is 24.9. The van der Waals surface area contributed by atoms with Gasteiger partial charge in [0.2, 0.25) is 5.91 Å². The second-order valence-electron chi connectivity index (χ2n) is 11.6. The molecule has 4 N–H and O–H groups in total. The number of hydrogen-bond acceptors (Lipinski definition) is 7. The maximum absolute atomic E-state index is 12.7. The van der Waals surface area contributed by atoms with Crippen molar-refractivity contribution in [3.05, 3.63) is 30.0 Å². The summed E-state index contributed by atoms with van der Waals surface area (Å²) >= 11 is 0. The summed E-state index contributed by atoms with van der Waals surface area (Å²) in [6, 6.07) is 5.37. The molecular weight excluding hydrogens is 496 g/mol. The predicted octanol–water partition coefficient (Wildman–Crippen LogP) is 4.36. The number of carbonyl (C=O) groups excluding carboxylic acids is 2. The molecule has 2 rings (SSSR count). The summed E-state index contributed by atoms with van der Waals surface area (Å²) in [7, 11) is 1.68. The molecule has 1 aromatic carbocycles. The molecule has 0 aliphatic rings. The Morgan fingerprint density at radius 3 is 2.56 bits per heavy atom. The quantitative estimate of drug-likeness (QED) is 0.199. The second kappa shape index (κ2) is 15.3. The Kier molecular flexibility index (Phi) is 12.9. The number of methoxy groups -OCH3 is 1. The lowest BCUT2D eigenvalue weighted by Crippen LogP contribution is -2.47. The summed E-state index contributed by atoms with van der Waals surface area (Å²) in [4.78, 5) is 24.9. The molecule has 2 unspecified atom stereocenters. The smallest absolute Gasteiger partial charge is 0.303 e. The number of unbranched alkanes of at least 4 members (excludes halogenated alkanes) is 1. The molecular formula is C30H50N4O5. The fraction of sp³-hybridized carbons (Fsp3) is 0.700. The fourth-order valence-corrected chi connectivity index (χ4v) is 4.92. The SMILES string of the molecule is CCCCC(C)(C)C(=O)NCC(O)[C@@H](N)CC(C(C)C)[C@@H](OC(C)=O)c1ccc2cnn(CCCOC)c2c1. The van der Waals surface area contributed by atoms with Crippen molar-refractivity contribution in [3.8, 4) is 0 Å². The summed E-state index contributed by atoms with van der Waals surface area (Å²) in [5.74, 6) is -0.513. The van der Waals surface area contributed by atoms with Crippen LogP contribution in [-0.4, -0.2) is 59.2 Å². The van der Waals surface area contributed by atoms with Crippen LogP contribution in [0.25, 0.3) is 10.9 Å². The number of aliphatic hydroxyl groups excluding tert-OH is 1. The first-order valence-electron chi connectivity index (χ1n) is 14.2. The molecule has 0 fully saturated rings. The van der Waals surface area contributed by atoms with Crippen LogP contribution in [0.4, 0.5) is 0 Å². The summed E-state index contributed by atoms with van der Waals surface area (Å²) < 4.78 is 13.0. The van der Waals surface area contributed by atoms with Crippen molar-refractivity contribution in [1.82, 2.24) is 15.1 Å². The van der Waals surface area contributed by atoms with E-state index in [1.807, 2.05) is 42.9 Å². The van der Waals surface area contributed by atoms with E-state index in [9.17, 15) is 14.7 Å². The molecule has 9 nitrogen and oxygen atoms in total. The second-order valence-corrected chi connectivity index (χ2v) is 11.6. The minimum Gasteiger partial charge on any atom is -0.457 e. The first-order valence-corrected chi connectivity index (χ1v) is 14.2. The third-order valence-corrected chi connectivity index (χ3v) is 7.53. The normalized spacial score (nSPS) is 15.2. The van der Waals surface area contributed by atoms with Crippen LogP contribution in [0.3, 0.4) is 0 Å². The Morgan fingerprint density at radius 2 is 1.95 bits per heavy atom. The number of nitrogens with one attached hydrogen (secondary N) is 1. The van der Waals surface area contributed by atoms with Gasteiger partial charge in [-0.2, -0.15) is 5.10 Å². The zero-order chi connectivity index (χ0) is 29.2. The van der Waals surface area contributed by atoms with E-state index in [1.54, 1.807) is 7.11 Å². The van der Waals surface area contributed by atoms with Gasteiger partial charge < -0.3 is 25.6 Å². The number of amides is 1. The van der Waals surface area contributed by atoms with Gasteiger partial charge in [-0.15, -0.1) is 0 Å². The first kappa shape index (κ1) is 32.7. The van der Waals surface area contributed by atoms with Crippen LogP contribution in [0.1, 0.15) is 85.3 Å². The van der Waals surface area contributed by atoms with Crippen molar-refractivity contribution in [2.75, 3.05) is 20.3 Å². The highest BCUT2D eigenvalue weighted by Crippen LogP contribution is 2.36. The molecule has 1 aromatic heterocycles. The molecule has 0 saturated heterocycles. The molecule has 2 aromatic rings. The Balaban J connectivity index is 2.21. The average Bonchev–Trinajstić information content (AvgIpc) is 3.29. The Hall–Kier alpha value is -2.49. The van der Waals surface area contributed by atoms with E-state index in [2.05, 4.69) is 31.2 Å². The molecule has 9 heteroatoms. The Bertz CT molecular complexity index is 1050. The minimum atomic E-state index is -0.931. The summed E-state index contributed by atoms with van der Waals surface area (Å²) in [6.45, 7) is 12.9. The number of rotatable bonds is 17. The number of esters is 1. The van der Waals surface area contributed by atoms with E-state index in [-0.39, 0.29) is 30.3 Å². The number of nitrogens with zero attached hydrogens (tertiary/aromatic N) is 2. The van der Waals surface area contributed by atoms with Crippen LogP contribution < -0.4 is 11.1 Å². The molecule has 0 aliphatic heterocycles. The molecule has 1 amide bonds. The van der Waals surface area contributed by atoms with Gasteiger partial charge in [0.1, 0.15) is 6.10 Å². The maximum Gasteiger partial charge on any atom is 0.303 e. The van der Waals surface area contributed by atoms with E-state index in [0.29, 0.717) is 19.6 Å². The van der Waals surface area contributed by atoms with E-state index in [1.165, 1.54) is 6.92 Å². The Labute approximate surface area is 233 Å². The van der Waals surface area contributed by atoms with Crippen LogP contribution in [0.5, 0.6) is 0 Å². The molecule has 4 atom stereocenters. The number of hydrogen-bond donors (Lipinski definition) is 3. The van der Waals surface area contributed by atoms with Crippen LogP contribution in [0.2, 0.25) is 0 Å². The molecule has 220 valence electrons. The van der Waals surface area contributed by atoms with Crippen molar-refractivity contribution in [3.63, 3.8) is 0 Å². The fourth-order valence-electron chi connectivity index (χ4n) is 4.92. The van der Waals surface area contributed by atoms with Crippen molar-refractivity contribution in [1.29, 1.82) is 0 Å². The van der Waals surface area contributed by atoms with Gasteiger partial charge in [-0.1, -0.05) is 59.6 Å². The average molecular weight is 547 g/mol. The third-order valence-electron chi connectivity index (χ3n) is 7.53. The van der Waals surface area contributed by atoms with Crippen LogP contribution >= 0.6 is 0 Å². The molecule has 39 heavy (non-hydrogen) atoms. The highest BCUT2D eigenvalue weighted by atomic mass is 16.5. The number of ether oxygens (including phenoxy) is 2. The van der Waals surface area contributed by atoms with Gasteiger partial charge in [0, 0.05) is 56.5 Å². The van der Waals surface area contributed by atoms with E-state index in [0.717, 1.165) is 42.1 Å². The summed E-state index contributed by atoms with van der Waals surface area (Å²) in [6.07, 6.45) is 4.37. The van der Waals surface area contributed by atoms with Crippen LogP contribution in [0.15, 0.2) is 24.4 Å². The lowest BCUT2D eigenvalue weighted by Gasteiger charge is -2.33. The third kappa shape index (κ3) is 9.58. The van der Waals surface area contributed by atoms with Crippen molar-refractivity contribution < 1.29 is 24.2 Å². The molecule has 0 bridgehead atoms. The van der Waals surface area contributed by atoms with Crippen molar-refractivity contribution in [2.45, 2.75) is 98.4 Å². The van der Waals surface area contributed by atoms with Gasteiger partial charge in [-0.05, 0) is 36.8 Å². The topological polar surface area (TPSA) is 129 Å². The molecule has 0 spiro atoms. The highest BCUT2D eigenvalue weighted by Gasteiger charge is 2.33.